The van der Waals surface area contributed by atoms with Gasteiger partial charge in [-0.15, -0.1) is 0 Å². The number of nitrogens with zero attached hydrogens (tertiary/aromatic N) is 2. The summed E-state index contributed by atoms with van der Waals surface area (Å²) in [5, 5.41) is 1.03. The summed E-state index contributed by atoms with van der Waals surface area (Å²) in [6, 6.07) is 18.7. The van der Waals surface area contributed by atoms with Crippen molar-refractivity contribution in [3.63, 3.8) is 0 Å². The highest BCUT2D eigenvalue weighted by Gasteiger charge is 2.30. The van der Waals surface area contributed by atoms with E-state index >= 15 is 0 Å². The Bertz CT molecular complexity index is 1450. The Labute approximate surface area is 252 Å². The van der Waals surface area contributed by atoms with Gasteiger partial charge in [-0.1, -0.05) is 29.3 Å². The molecule has 4 rings (SSSR count). The summed E-state index contributed by atoms with van der Waals surface area (Å²) < 4.78 is 38.6. The van der Waals surface area contributed by atoms with Gasteiger partial charge in [0.2, 0.25) is 10.0 Å². The number of hydrogen-bond acceptors (Lipinski definition) is 6. The molecule has 41 heavy (non-hydrogen) atoms. The molecule has 0 unspecified atom stereocenters. The Balaban J connectivity index is 1.17. The van der Waals surface area contributed by atoms with Crippen LogP contribution in [-0.2, 0) is 10.0 Å². The Morgan fingerprint density at radius 2 is 1.66 bits per heavy atom. The Kier molecular flexibility index (Phi) is 10.9. The number of ether oxygens (including phenoxy) is 2. The standard InChI is InChI=1S/C31H34Cl2N2O5S/c1-34(41(37,38)29-13-11-27(39-2)12-14-29)26-16-19-35(20-17-26)18-3-21-40-28-9-5-24(6-10-28)31(36)15-7-23-4-8-25(32)22-30(23)33/h4-15,22,26H,3,16-21H2,1-2H3/b15-7+. The monoisotopic (exact) mass is 616 g/mol. The molecule has 0 radical (unpaired) electrons. The van der Waals surface area contributed by atoms with Crippen LogP contribution in [0.2, 0.25) is 10.0 Å². The van der Waals surface area contributed by atoms with E-state index in [1.165, 1.54) is 10.4 Å². The van der Waals surface area contributed by atoms with Crippen molar-refractivity contribution in [3.8, 4) is 11.5 Å². The number of rotatable bonds is 12. The van der Waals surface area contributed by atoms with Crippen LogP contribution < -0.4 is 9.47 Å². The molecule has 7 nitrogen and oxygen atoms in total. The molecule has 1 aliphatic heterocycles. The molecule has 0 bridgehead atoms. The summed E-state index contributed by atoms with van der Waals surface area (Å²) in [6.45, 7) is 3.08. The van der Waals surface area contributed by atoms with Crippen LogP contribution in [0.25, 0.3) is 6.08 Å². The lowest BCUT2D eigenvalue weighted by atomic mass is 10.1. The normalized spacial score (nSPS) is 15.0. The van der Waals surface area contributed by atoms with E-state index in [0.29, 0.717) is 33.7 Å². The van der Waals surface area contributed by atoms with Crippen LogP contribution in [0.4, 0.5) is 0 Å². The maximum atomic E-state index is 13.1. The topological polar surface area (TPSA) is 76.2 Å². The van der Waals surface area contributed by atoms with Crippen molar-refractivity contribution in [2.45, 2.75) is 30.2 Å². The van der Waals surface area contributed by atoms with Crippen LogP contribution >= 0.6 is 23.2 Å². The number of ketones is 1. The van der Waals surface area contributed by atoms with Gasteiger partial charge in [0.25, 0.3) is 0 Å². The predicted octanol–water partition coefficient (Wildman–Crippen LogP) is 6.45. The van der Waals surface area contributed by atoms with E-state index in [2.05, 4.69) is 4.90 Å². The minimum atomic E-state index is -3.56. The van der Waals surface area contributed by atoms with Gasteiger partial charge in [0, 0.05) is 35.2 Å². The van der Waals surface area contributed by atoms with E-state index in [9.17, 15) is 13.2 Å². The molecule has 218 valence electrons. The fourth-order valence-corrected chi connectivity index (χ4v) is 6.60. The summed E-state index contributed by atoms with van der Waals surface area (Å²) >= 11 is 12.1. The summed E-state index contributed by atoms with van der Waals surface area (Å²) in [7, 11) is -0.337. The number of allylic oxidation sites excluding steroid dienone is 1. The molecular formula is C31H34Cl2N2O5S. The van der Waals surface area contributed by atoms with Crippen LogP contribution in [0.3, 0.4) is 0 Å². The van der Waals surface area contributed by atoms with Crippen molar-refractivity contribution in [2.75, 3.05) is 40.4 Å². The first-order valence-corrected chi connectivity index (χ1v) is 15.6. The van der Waals surface area contributed by atoms with Crippen LogP contribution in [0.15, 0.2) is 77.7 Å². The number of halogens is 2. The Morgan fingerprint density at radius 3 is 2.29 bits per heavy atom. The first-order chi connectivity index (χ1) is 19.7. The van der Waals surface area contributed by atoms with E-state index < -0.39 is 10.0 Å². The number of benzene rings is 3. The van der Waals surface area contributed by atoms with Gasteiger partial charge < -0.3 is 14.4 Å². The van der Waals surface area contributed by atoms with Gasteiger partial charge in [0.05, 0.1) is 18.6 Å². The third-order valence-electron chi connectivity index (χ3n) is 7.21. The Morgan fingerprint density at radius 1 is 1.00 bits per heavy atom. The van der Waals surface area contributed by atoms with Gasteiger partial charge in [0.1, 0.15) is 11.5 Å². The SMILES string of the molecule is COc1ccc(S(=O)(=O)N(C)C2CCN(CCCOc3ccc(C(=O)/C=C/c4ccc(Cl)cc4Cl)cc3)CC2)cc1. The van der Waals surface area contributed by atoms with E-state index in [1.54, 1.807) is 87.0 Å². The first-order valence-electron chi connectivity index (χ1n) is 13.4. The van der Waals surface area contributed by atoms with E-state index in [0.717, 1.165) is 44.5 Å². The van der Waals surface area contributed by atoms with Crippen molar-refractivity contribution >= 4 is 45.1 Å². The number of sulfonamides is 1. The second kappa shape index (κ2) is 14.3. The third kappa shape index (κ3) is 8.33. The molecule has 1 fully saturated rings. The van der Waals surface area contributed by atoms with E-state index in [1.807, 2.05) is 0 Å². The van der Waals surface area contributed by atoms with E-state index in [4.69, 9.17) is 32.7 Å². The molecule has 0 aromatic heterocycles. The zero-order valence-electron chi connectivity index (χ0n) is 23.1. The lowest BCUT2D eigenvalue weighted by molar-refractivity contribution is 0.104. The molecule has 0 aliphatic carbocycles. The zero-order chi connectivity index (χ0) is 29.4. The summed E-state index contributed by atoms with van der Waals surface area (Å²) in [6.07, 6.45) is 5.56. The van der Waals surface area contributed by atoms with Gasteiger partial charge in [0.15, 0.2) is 5.78 Å². The number of carbonyl (C=O) groups excluding carboxylic acids is 1. The van der Waals surface area contributed by atoms with Gasteiger partial charge in [-0.3, -0.25) is 4.79 Å². The van der Waals surface area contributed by atoms with Crippen LogP contribution in [0, 0.1) is 0 Å². The molecule has 0 atom stereocenters. The Hall–Kier alpha value is -2.88. The minimum absolute atomic E-state index is 0.0335. The highest BCUT2D eigenvalue weighted by atomic mass is 35.5. The lowest BCUT2D eigenvalue weighted by Gasteiger charge is -2.36. The molecule has 0 spiro atoms. The van der Waals surface area contributed by atoms with Crippen LogP contribution in [0.5, 0.6) is 11.5 Å². The molecule has 0 saturated carbocycles. The van der Waals surface area contributed by atoms with E-state index in [-0.39, 0.29) is 16.7 Å². The average molecular weight is 618 g/mol. The maximum absolute atomic E-state index is 13.1. The molecule has 10 heteroatoms. The molecule has 1 aliphatic rings. The first kappa shape index (κ1) is 31.1. The second-order valence-electron chi connectivity index (χ2n) is 9.86. The van der Waals surface area contributed by atoms with Crippen molar-refractivity contribution < 1.29 is 22.7 Å². The summed E-state index contributed by atoms with van der Waals surface area (Å²) in [4.78, 5) is 15.1. The summed E-state index contributed by atoms with van der Waals surface area (Å²) in [5.74, 6) is 1.20. The number of carbonyl (C=O) groups is 1. The van der Waals surface area contributed by atoms with Crippen LogP contribution in [-0.4, -0.2) is 69.8 Å². The largest absolute Gasteiger partial charge is 0.497 e. The number of methoxy groups -OCH3 is 1. The molecule has 0 amide bonds. The smallest absolute Gasteiger partial charge is 0.243 e. The molecule has 0 N–H and O–H groups in total. The molecule has 3 aromatic carbocycles. The van der Waals surface area contributed by atoms with Gasteiger partial charge in [-0.25, -0.2) is 8.42 Å². The summed E-state index contributed by atoms with van der Waals surface area (Å²) in [5.41, 5.74) is 1.28. The zero-order valence-corrected chi connectivity index (χ0v) is 25.5. The molecule has 1 heterocycles. The van der Waals surface area contributed by atoms with Gasteiger partial charge in [-0.05, 0) is 111 Å². The quantitative estimate of drug-likeness (QED) is 0.132. The van der Waals surface area contributed by atoms with Crippen molar-refractivity contribution in [1.29, 1.82) is 0 Å². The highest BCUT2D eigenvalue weighted by molar-refractivity contribution is 7.89. The molecular weight excluding hydrogens is 583 g/mol. The molecule has 1 saturated heterocycles. The van der Waals surface area contributed by atoms with Crippen molar-refractivity contribution in [3.05, 3.63) is 94.0 Å². The van der Waals surface area contributed by atoms with Crippen LogP contribution in [0.1, 0.15) is 35.2 Å². The second-order valence-corrected chi connectivity index (χ2v) is 12.7. The third-order valence-corrected chi connectivity index (χ3v) is 9.70. The van der Waals surface area contributed by atoms with Gasteiger partial charge in [-0.2, -0.15) is 4.31 Å². The predicted molar refractivity (Wildman–Crippen MR) is 164 cm³/mol. The lowest BCUT2D eigenvalue weighted by Crippen LogP contribution is -2.45. The van der Waals surface area contributed by atoms with Gasteiger partial charge >= 0.3 is 0 Å². The minimum Gasteiger partial charge on any atom is -0.497 e. The number of likely N-dealkylation sites (tertiary alicyclic amines) is 1. The van der Waals surface area contributed by atoms with Crippen molar-refractivity contribution in [1.82, 2.24) is 9.21 Å². The average Bonchev–Trinajstić information content (AvgIpc) is 2.99. The number of hydrogen-bond donors (Lipinski definition) is 0. The van der Waals surface area contributed by atoms with Crippen molar-refractivity contribution in [2.24, 2.45) is 0 Å². The fourth-order valence-electron chi connectivity index (χ4n) is 4.71. The highest BCUT2D eigenvalue weighted by Crippen LogP contribution is 2.25. The number of piperidine rings is 1. The fraction of sp³-hybridized carbons (Fsp3) is 0.323. The molecule has 3 aromatic rings. The maximum Gasteiger partial charge on any atom is 0.243 e.